The van der Waals surface area contributed by atoms with Crippen LogP contribution in [0.25, 0.3) is 11.3 Å². The second kappa shape index (κ2) is 5.92. The molecule has 0 spiro atoms. The molecule has 29 heavy (non-hydrogen) atoms. The van der Waals surface area contributed by atoms with Gasteiger partial charge in [0.05, 0.1) is 18.1 Å². The van der Waals surface area contributed by atoms with Crippen molar-refractivity contribution >= 4 is 29.6 Å². The van der Waals surface area contributed by atoms with Crippen LogP contribution in [-0.2, 0) is 9.59 Å². The highest BCUT2D eigenvalue weighted by Gasteiger charge is 2.67. The summed E-state index contributed by atoms with van der Waals surface area (Å²) in [6.45, 7) is 1.98. The first-order valence-corrected chi connectivity index (χ1v) is 10.4. The fraction of sp³-hybridized carbons (Fsp3) is 0.348. The summed E-state index contributed by atoms with van der Waals surface area (Å²) in [4.78, 5) is 25.9. The Kier molecular flexibility index (Phi) is 3.52. The van der Waals surface area contributed by atoms with Gasteiger partial charge in [0.15, 0.2) is 0 Å². The van der Waals surface area contributed by atoms with Crippen LogP contribution in [0.4, 0.5) is 0 Å². The summed E-state index contributed by atoms with van der Waals surface area (Å²) >= 11 is 6.10. The molecule has 2 amide bonds. The monoisotopic (exact) mass is 406 g/mol. The van der Waals surface area contributed by atoms with Gasteiger partial charge >= 0.3 is 0 Å². The Balaban J connectivity index is 1.26. The number of imide groups is 1. The first-order valence-electron chi connectivity index (χ1n) is 9.99. The van der Waals surface area contributed by atoms with Crippen molar-refractivity contribution in [2.45, 2.75) is 13.3 Å². The average molecular weight is 407 g/mol. The lowest BCUT2D eigenvalue weighted by atomic mass is 9.63. The minimum Gasteiger partial charge on any atom is -0.455 e. The van der Waals surface area contributed by atoms with Gasteiger partial charge in [-0.15, -0.1) is 0 Å². The van der Waals surface area contributed by atoms with Crippen LogP contribution in [0.2, 0.25) is 5.02 Å². The Labute approximate surface area is 173 Å². The zero-order valence-corrected chi connectivity index (χ0v) is 16.5. The lowest BCUT2D eigenvalue weighted by Gasteiger charge is -2.37. The minimum atomic E-state index is -0.236. The number of carbonyl (C=O) groups is 2. The Morgan fingerprint density at radius 2 is 1.76 bits per heavy atom. The third-order valence-electron chi connectivity index (χ3n) is 7.03. The second-order valence-electron chi connectivity index (χ2n) is 8.55. The highest BCUT2D eigenvalue weighted by atomic mass is 35.5. The summed E-state index contributed by atoms with van der Waals surface area (Å²) in [6.07, 6.45) is 6.92. The summed E-state index contributed by atoms with van der Waals surface area (Å²) in [5, 5.41) is 5.93. The normalized spacial score (nSPS) is 34.2. The van der Waals surface area contributed by atoms with Gasteiger partial charge in [0.1, 0.15) is 11.5 Å². The maximum atomic E-state index is 12.9. The van der Waals surface area contributed by atoms with Gasteiger partial charge in [0.2, 0.25) is 0 Å². The first-order chi connectivity index (χ1) is 14.0. The number of carbonyl (C=O) groups excluding carboxylic acids is 2. The number of benzene rings is 1. The number of furan rings is 1. The van der Waals surface area contributed by atoms with E-state index in [1.807, 2.05) is 31.2 Å². The molecule has 4 aliphatic carbocycles. The summed E-state index contributed by atoms with van der Waals surface area (Å²) in [5.74, 6) is 1.91. The van der Waals surface area contributed by atoms with Gasteiger partial charge in [-0.1, -0.05) is 29.8 Å². The predicted octanol–water partition coefficient (Wildman–Crippen LogP) is 4.30. The lowest BCUT2D eigenvalue weighted by Crippen LogP contribution is -2.40. The van der Waals surface area contributed by atoms with Crippen molar-refractivity contribution in [3.05, 3.63) is 58.8 Å². The topological polar surface area (TPSA) is 62.9 Å². The van der Waals surface area contributed by atoms with Gasteiger partial charge in [-0.2, -0.15) is 10.1 Å². The molecule has 0 radical (unpaired) electrons. The molecule has 6 atom stereocenters. The van der Waals surface area contributed by atoms with Crippen LogP contribution >= 0.6 is 11.6 Å². The van der Waals surface area contributed by atoms with E-state index in [1.165, 1.54) is 6.21 Å². The highest BCUT2D eigenvalue weighted by Crippen LogP contribution is 2.65. The maximum absolute atomic E-state index is 12.9. The zero-order chi connectivity index (χ0) is 19.9. The van der Waals surface area contributed by atoms with E-state index in [2.05, 4.69) is 17.3 Å². The molecule has 2 bridgehead atoms. The number of allylic oxidation sites excluding steroid dienone is 2. The van der Waals surface area contributed by atoms with Gasteiger partial charge in [-0.25, -0.2) is 0 Å². The van der Waals surface area contributed by atoms with Crippen LogP contribution < -0.4 is 0 Å². The van der Waals surface area contributed by atoms with Gasteiger partial charge in [0.25, 0.3) is 11.8 Å². The Hall–Kier alpha value is -2.66. The average Bonchev–Trinajstić information content (AvgIpc) is 3.36. The molecule has 5 aliphatic rings. The predicted molar refractivity (Wildman–Crippen MR) is 108 cm³/mol. The number of rotatable bonds is 3. The second-order valence-corrected chi connectivity index (χ2v) is 8.99. The summed E-state index contributed by atoms with van der Waals surface area (Å²) in [6, 6.07) is 9.23. The molecule has 3 fully saturated rings. The molecule has 1 aromatic heterocycles. The molecular formula is C23H19ClN2O3. The molecule has 1 aliphatic heterocycles. The number of hydrogen-bond acceptors (Lipinski definition) is 4. The third kappa shape index (κ3) is 2.43. The van der Waals surface area contributed by atoms with Gasteiger partial charge < -0.3 is 4.42 Å². The van der Waals surface area contributed by atoms with Crippen molar-refractivity contribution in [3.63, 3.8) is 0 Å². The molecule has 1 aromatic carbocycles. The fourth-order valence-electron chi connectivity index (χ4n) is 5.60. The van der Waals surface area contributed by atoms with E-state index in [0.717, 1.165) is 22.6 Å². The molecule has 0 N–H and O–H groups in total. The number of hydrazone groups is 1. The molecular weight excluding hydrogens is 388 g/mol. The summed E-state index contributed by atoms with van der Waals surface area (Å²) in [5.41, 5.74) is 1.95. The largest absolute Gasteiger partial charge is 0.455 e. The number of aryl methyl sites for hydroxylation is 1. The van der Waals surface area contributed by atoms with Crippen molar-refractivity contribution in [2.24, 2.45) is 40.6 Å². The van der Waals surface area contributed by atoms with E-state index < -0.39 is 0 Å². The van der Waals surface area contributed by atoms with Crippen LogP contribution in [0.3, 0.4) is 0 Å². The van der Waals surface area contributed by atoms with E-state index in [9.17, 15) is 9.59 Å². The summed E-state index contributed by atoms with van der Waals surface area (Å²) < 4.78 is 5.86. The number of nitrogens with zero attached hydrogens (tertiary/aromatic N) is 2. The molecule has 1 saturated heterocycles. The number of hydrogen-bond donors (Lipinski definition) is 0. The minimum absolute atomic E-state index is 0.168. The van der Waals surface area contributed by atoms with Gasteiger partial charge in [-0.3, -0.25) is 9.59 Å². The first kappa shape index (κ1) is 17.2. The SMILES string of the molecule is Cc1ccc(Cl)cc1-c1ccc(/C=N/N2C(=O)C3C4C=CC(C5CC45)C3C2=O)o1. The Morgan fingerprint density at radius 3 is 2.45 bits per heavy atom. The fourth-order valence-corrected chi connectivity index (χ4v) is 5.77. The van der Waals surface area contributed by atoms with Crippen LogP contribution in [0.15, 0.2) is 52.0 Å². The standard InChI is InChI=1S/C23H19ClN2O3/c1-11-2-3-12(24)8-16(11)19-7-4-13(29-19)10-25-26-22(27)20-14-5-6-15(18-9-17(14)18)21(20)23(26)28/h2-8,10,14-15,17-18,20-21H,9H2,1H3/b25-10+. The van der Waals surface area contributed by atoms with E-state index in [0.29, 0.717) is 28.4 Å². The van der Waals surface area contributed by atoms with Crippen LogP contribution in [0.5, 0.6) is 0 Å². The van der Waals surface area contributed by atoms with Gasteiger partial charge in [0, 0.05) is 10.6 Å². The van der Waals surface area contributed by atoms with Crippen LogP contribution in [0.1, 0.15) is 17.7 Å². The number of halogens is 1. The molecule has 5 nitrogen and oxygen atoms in total. The molecule has 7 rings (SSSR count). The Bertz CT molecular complexity index is 1080. The van der Waals surface area contributed by atoms with Crippen LogP contribution in [-0.4, -0.2) is 23.0 Å². The Morgan fingerprint density at radius 1 is 1.07 bits per heavy atom. The lowest BCUT2D eigenvalue weighted by molar-refractivity contribution is -0.140. The molecule has 146 valence electrons. The van der Waals surface area contributed by atoms with Crippen LogP contribution in [0, 0.1) is 42.4 Å². The highest BCUT2D eigenvalue weighted by molar-refractivity contribution is 6.30. The van der Waals surface area contributed by atoms with Crippen molar-refractivity contribution in [1.82, 2.24) is 5.01 Å². The third-order valence-corrected chi connectivity index (χ3v) is 7.27. The molecule has 2 saturated carbocycles. The summed E-state index contributed by atoms with van der Waals surface area (Å²) in [7, 11) is 0. The zero-order valence-electron chi connectivity index (χ0n) is 15.8. The van der Waals surface area contributed by atoms with E-state index in [-0.39, 0.29) is 35.5 Å². The molecule has 6 heteroatoms. The molecule has 2 heterocycles. The smallest absolute Gasteiger partial charge is 0.254 e. The molecule has 6 unspecified atom stereocenters. The number of amides is 2. The van der Waals surface area contributed by atoms with E-state index >= 15 is 0 Å². The molecule has 2 aromatic rings. The van der Waals surface area contributed by atoms with Crippen molar-refractivity contribution < 1.29 is 14.0 Å². The van der Waals surface area contributed by atoms with Gasteiger partial charge in [-0.05, 0) is 66.8 Å². The van der Waals surface area contributed by atoms with Crippen molar-refractivity contribution in [1.29, 1.82) is 0 Å². The maximum Gasteiger partial charge on any atom is 0.254 e. The quantitative estimate of drug-likeness (QED) is 0.434. The van der Waals surface area contributed by atoms with Crippen molar-refractivity contribution in [2.75, 3.05) is 0 Å². The van der Waals surface area contributed by atoms with E-state index in [1.54, 1.807) is 6.07 Å². The van der Waals surface area contributed by atoms with E-state index in [4.69, 9.17) is 16.0 Å². The van der Waals surface area contributed by atoms with Crippen molar-refractivity contribution in [3.8, 4) is 11.3 Å².